The van der Waals surface area contributed by atoms with Gasteiger partial charge in [0.1, 0.15) is 5.82 Å². The first-order chi connectivity index (χ1) is 13.5. The summed E-state index contributed by atoms with van der Waals surface area (Å²) in [6.07, 6.45) is 5.37. The number of hydrogen-bond donors (Lipinski definition) is 2. The number of piperazine rings is 1. The van der Waals surface area contributed by atoms with Crippen molar-refractivity contribution in [2.45, 2.75) is 38.1 Å². The fourth-order valence-electron chi connectivity index (χ4n) is 3.82. The molecule has 8 heteroatoms. The number of benzene rings is 1. The summed E-state index contributed by atoms with van der Waals surface area (Å²) < 4.78 is 14.1. The molecule has 2 N–H and O–H groups in total. The quantitative estimate of drug-likeness (QED) is 0.825. The summed E-state index contributed by atoms with van der Waals surface area (Å²) in [6, 6.07) is 6.12. The van der Waals surface area contributed by atoms with E-state index in [2.05, 4.69) is 10.6 Å². The van der Waals surface area contributed by atoms with Crippen molar-refractivity contribution in [3.05, 3.63) is 29.6 Å². The molecule has 1 aliphatic heterocycles. The van der Waals surface area contributed by atoms with Crippen molar-refractivity contribution in [2.24, 2.45) is 0 Å². The smallest absolute Gasteiger partial charge is 0.321 e. The summed E-state index contributed by atoms with van der Waals surface area (Å²) in [6.45, 7) is 2.48. The number of urea groups is 1. The molecule has 2 aliphatic rings. The Labute approximate surface area is 164 Å². The molecule has 0 bridgehead atoms. The third kappa shape index (κ3) is 5.42. The number of nitrogens with zero attached hydrogens (tertiary/aromatic N) is 3. The number of carbonyl (C=O) groups is 2. The molecule has 0 unspecified atom stereocenters. The van der Waals surface area contributed by atoms with Crippen LogP contribution in [0.4, 0.5) is 14.9 Å². The Morgan fingerprint density at radius 1 is 1.14 bits per heavy atom. The van der Waals surface area contributed by atoms with Crippen molar-refractivity contribution >= 4 is 17.6 Å². The van der Waals surface area contributed by atoms with Crippen LogP contribution in [-0.2, 0) is 4.79 Å². The maximum absolute atomic E-state index is 14.1. The standard InChI is InChI=1S/C20H26FN5O2/c21-17-12-15(13-22)6-7-18(17)26-10-8-25(9-11-26)14-19(27)24-20(28)23-16-4-2-1-3-5-16/h6-7,12,16H,1-5,8-11,14H2,(H2,23,24,27,28). The number of carbonyl (C=O) groups excluding carboxylic acids is 2. The average molecular weight is 387 g/mol. The number of imide groups is 1. The van der Waals surface area contributed by atoms with Crippen molar-refractivity contribution in [1.82, 2.24) is 15.5 Å². The maximum Gasteiger partial charge on any atom is 0.321 e. The van der Waals surface area contributed by atoms with Crippen LogP contribution in [0.25, 0.3) is 0 Å². The van der Waals surface area contributed by atoms with Gasteiger partial charge in [0.05, 0.1) is 23.9 Å². The lowest BCUT2D eigenvalue weighted by molar-refractivity contribution is -0.121. The van der Waals surface area contributed by atoms with Gasteiger partial charge in [0.2, 0.25) is 5.91 Å². The molecule has 7 nitrogen and oxygen atoms in total. The minimum absolute atomic E-state index is 0.141. The van der Waals surface area contributed by atoms with Gasteiger partial charge in [-0.2, -0.15) is 5.26 Å². The summed E-state index contributed by atoms with van der Waals surface area (Å²) in [5.41, 5.74) is 0.762. The number of amides is 3. The monoisotopic (exact) mass is 387 g/mol. The van der Waals surface area contributed by atoms with Gasteiger partial charge >= 0.3 is 6.03 Å². The molecule has 28 heavy (non-hydrogen) atoms. The lowest BCUT2D eigenvalue weighted by atomic mass is 9.96. The summed E-state index contributed by atoms with van der Waals surface area (Å²) in [4.78, 5) is 27.9. The normalized spacial score (nSPS) is 18.4. The topological polar surface area (TPSA) is 88.5 Å². The third-order valence-corrected chi connectivity index (χ3v) is 5.35. The molecule has 3 rings (SSSR count). The van der Waals surface area contributed by atoms with Crippen LogP contribution in [-0.4, -0.2) is 55.6 Å². The van der Waals surface area contributed by atoms with E-state index >= 15 is 0 Å². The summed E-state index contributed by atoms with van der Waals surface area (Å²) in [5.74, 6) is -0.740. The Morgan fingerprint density at radius 3 is 2.50 bits per heavy atom. The fourth-order valence-corrected chi connectivity index (χ4v) is 3.82. The van der Waals surface area contributed by atoms with E-state index in [1.807, 2.05) is 15.9 Å². The van der Waals surface area contributed by atoms with Gasteiger partial charge in [-0.25, -0.2) is 9.18 Å². The average Bonchev–Trinajstić information content (AvgIpc) is 2.69. The number of nitrogens with one attached hydrogen (secondary N) is 2. The predicted octanol–water partition coefficient (Wildman–Crippen LogP) is 1.98. The van der Waals surface area contributed by atoms with Crippen LogP contribution < -0.4 is 15.5 Å². The largest absolute Gasteiger partial charge is 0.367 e. The molecular formula is C20H26FN5O2. The zero-order valence-electron chi connectivity index (χ0n) is 15.9. The minimum atomic E-state index is -0.421. The Hall–Kier alpha value is -2.66. The van der Waals surface area contributed by atoms with Crippen LogP contribution in [0, 0.1) is 17.1 Å². The predicted molar refractivity (Wildman–Crippen MR) is 103 cm³/mol. The second-order valence-corrected chi connectivity index (χ2v) is 7.40. The second-order valence-electron chi connectivity index (χ2n) is 7.40. The van der Waals surface area contributed by atoms with Crippen LogP contribution in [0.5, 0.6) is 0 Å². The summed E-state index contributed by atoms with van der Waals surface area (Å²) in [5, 5.41) is 14.1. The molecule has 1 aliphatic carbocycles. The second kappa shape index (κ2) is 9.51. The van der Waals surface area contributed by atoms with Gasteiger partial charge < -0.3 is 10.2 Å². The van der Waals surface area contributed by atoms with Gasteiger partial charge in [0.15, 0.2) is 0 Å². The van der Waals surface area contributed by atoms with Crippen molar-refractivity contribution < 1.29 is 14.0 Å². The van der Waals surface area contributed by atoms with Crippen molar-refractivity contribution in [1.29, 1.82) is 5.26 Å². The van der Waals surface area contributed by atoms with E-state index in [-0.39, 0.29) is 18.5 Å². The fraction of sp³-hybridized carbons (Fsp3) is 0.550. The number of hydrogen-bond acceptors (Lipinski definition) is 5. The van der Waals surface area contributed by atoms with Gasteiger partial charge in [-0.15, -0.1) is 0 Å². The highest BCUT2D eigenvalue weighted by Crippen LogP contribution is 2.22. The van der Waals surface area contributed by atoms with Crippen LogP contribution in [0.3, 0.4) is 0 Å². The Bertz CT molecular complexity index is 749. The molecule has 0 atom stereocenters. The van der Waals surface area contributed by atoms with E-state index in [1.54, 1.807) is 12.1 Å². The zero-order valence-corrected chi connectivity index (χ0v) is 15.9. The van der Waals surface area contributed by atoms with Gasteiger partial charge in [0, 0.05) is 32.2 Å². The minimum Gasteiger partial charge on any atom is -0.367 e. The van der Waals surface area contributed by atoms with Crippen LogP contribution in [0.15, 0.2) is 18.2 Å². The molecule has 1 saturated heterocycles. The van der Waals surface area contributed by atoms with Gasteiger partial charge in [-0.1, -0.05) is 19.3 Å². The van der Waals surface area contributed by atoms with Crippen molar-refractivity contribution in [2.75, 3.05) is 37.6 Å². The van der Waals surface area contributed by atoms with Gasteiger partial charge in [-0.05, 0) is 31.0 Å². The summed E-state index contributed by atoms with van der Waals surface area (Å²) >= 11 is 0. The SMILES string of the molecule is N#Cc1ccc(N2CCN(CC(=O)NC(=O)NC3CCCCC3)CC2)c(F)c1. The molecule has 2 fully saturated rings. The number of anilines is 1. The molecule has 150 valence electrons. The highest BCUT2D eigenvalue weighted by Gasteiger charge is 2.22. The highest BCUT2D eigenvalue weighted by atomic mass is 19.1. The molecule has 0 radical (unpaired) electrons. The van der Waals surface area contributed by atoms with E-state index in [0.29, 0.717) is 37.4 Å². The Balaban J connectivity index is 1.42. The number of nitriles is 1. The molecule has 0 spiro atoms. The van der Waals surface area contributed by atoms with Gasteiger partial charge in [-0.3, -0.25) is 15.0 Å². The Kier molecular flexibility index (Phi) is 6.82. The van der Waals surface area contributed by atoms with Crippen LogP contribution >= 0.6 is 0 Å². The van der Waals surface area contributed by atoms with Crippen LogP contribution in [0.1, 0.15) is 37.7 Å². The molecule has 1 aromatic rings. The van der Waals surface area contributed by atoms with E-state index in [9.17, 15) is 14.0 Å². The molecular weight excluding hydrogens is 361 g/mol. The number of halogens is 1. The third-order valence-electron chi connectivity index (χ3n) is 5.35. The van der Waals surface area contributed by atoms with E-state index in [1.165, 1.54) is 12.5 Å². The first-order valence-corrected chi connectivity index (χ1v) is 9.82. The maximum atomic E-state index is 14.1. The molecule has 0 aromatic heterocycles. The first kappa shape index (κ1) is 20.1. The molecule has 3 amide bonds. The molecule has 1 heterocycles. The summed E-state index contributed by atoms with van der Waals surface area (Å²) in [7, 11) is 0. The van der Waals surface area contributed by atoms with Crippen LogP contribution in [0.2, 0.25) is 0 Å². The number of rotatable bonds is 4. The Morgan fingerprint density at radius 2 is 1.86 bits per heavy atom. The van der Waals surface area contributed by atoms with E-state index in [0.717, 1.165) is 25.7 Å². The zero-order chi connectivity index (χ0) is 19.9. The molecule has 1 saturated carbocycles. The van der Waals surface area contributed by atoms with Crippen molar-refractivity contribution in [3.8, 4) is 6.07 Å². The highest BCUT2D eigenvalue weighted by molar-refractivity contribution is 5.95. The van der Waals surface area contributed by atoms with E-state index < -0.39 is 11.8 Å². The lowest BCUT2D eigenvalue weighted by Crippen LogP contribution is -2.52. The van der Waals surface area contributed by atoms with Gasteiger partial charge in [0.25, 0.3) is 0 Å². The van der Waals surface area contributed by atoms with E-state index in [4.69, 9.17) is 5.26 Å². The van der Waals surface area contributed by atoms with Crippen molar-refractivity contribution in [3.63, 3.8) is 0 Å². The first-order valence-electron chi connectivity index (χ1n) is 9.82. The lowest BCUT2D eigenvalue weighted by Gasteiger charge is -2.35. The molecule has 1 aromatic carbocycles.